The molecule has 0 spiro atoms. The van der Waals surface area contributed by atoms with E-state index in [1.165, 1.54) is 12.1 Å². The summed E-state index contributed by atoms with van der Waals surface area (Å²) in [6.45, 7) is 1.77. The van der Waals surface area contributed by atoms with Crippen LogP contribution in [0.15, 0.2) is 23.0 Å². The molecule has 2 aromatic rings. The molecule has 2 unspecified atom stereocenters. The lowest BCUT2D eigenvalue weighted by Gasteiger charge is -2.12. The number of halogens is 2. The first kappa shape index (κ1) is 15.5. The minimum atomic E-state index is -1.10. The van der Waals surface area contributed by atoms with Gasteiger partial charge < -0.3 is 10.8 Å². The van der Waals surface area contributed by atoms with Crippen molar-refractivity contribution >= 4 is 23.3 Å². The molecular formula is C15H13ClFN3O3. The Morgan fingerprint density at radius 2 is 2.22 bits per heavy atom. The van der Waals surface area contributed by atoms with E-state index in [2.05, 4.69) is 4.98 Å². The van der Waals surface area contributed by atoms with E-state index in [-0.39, 0.29) is 34.3 Å². The summed E-state index contributed by atoms with van der Waals surface area (Å²) < 4.78 is 15.4. The average molecular weight is 338 g/mol. The molecule has 23 heavy (non-hydrogen) atoms. The van der Waals surface area contributed by atoms with Gasteiger partial charge in [0.15, 0.2) is 5.82 Å². The van der Waals surface area contributed by atoms with Crippen LogP contribution in [0.3, 0.4) is 0 Å². The van der Waals surface area contributed by atoms with E-state index in [9.17, 15) is 19.1 Å². The van der Waals surface area contributed by atoms with Gasteiger partial charge in [-0.25, -0.2) is 14.2 Å². The second kappa shape index (κ2) is 5.34. The number of fused-ring (bicyclic) bond motifs is 1. The summed E-state index contributed by atoms with van der Waals surface area (Å²) in [5.74, 6) is -1.80. The number of nitrogens with two attached hydrogens (primary N) is 1. The molecule has 1 aliphatic heterocycles. The van der Waals surface area contributed by atoms with E-state index in [0.29, 0.717) is 5.82 Å². The van der Waals surface area contributed by atoms with Crippen molar-refractivity contribution in [3.8, 4) is 11.3 Å². The molecule has 6 nitrogen and oxygen atoms in total. The molecule has 120 valence electrons. The molecule has 1 aliphatic rings. The number of carbonyl (C=O) groups is 1. The maximum Gasteiger partial charge on any atom is 0.326 e. The molecule has 3 rings (SSSR count). The highest BCUT2D eigenvalue weighted by atomic mass is 35.5. The van der Waals surface area contributed by atoms with Gasteiger partial charge in [0.05, 0.1) is 16.3 Å². The van der Waals surface area contributed by atoms with Gasteiger partial charge in [0, 0.05) is 17.7 Å². The summed E-state index contributed by atoms with van der Waals surface area (Å²) in [5.41, 5.74) is 5.33. The summed E-state index contributed by atoms with van der Waals surface area (Å²) in [6, 6.07) is 2.87. The molecule has 1 aromatic heterocycles. The summed E-state index contributed by atoms with van der Waals surface area (Å²) in [7, 11) is 0. The Hall–Kier alpha value is -2.41. The monoisotopic (exact) mass is 337 g/mol. The first-order chi connectivity index (χ1) is 10.8. The summed E-state index contributed by atoms with van der Waals surface area (Å²) >= 11 is 5.77. The molecule has 0 saturated heterocycles. The number of aromatic nitrogens is 2. The zero-order chi connectivity index (χ0) is 16.9. The highest BCUT2D eigenvalue weighted by molar-refractivity contribution is 6.31. The lowest BCUT2D eigenvalue weighted by atomic mass is 10.1. The largest absolute Gasteiger partial charge is 0.480 e. The number of hydrogen-bond acceptors (Lipinski definition) is 4. The SMILES string of the molecule is CC1CC(C(=O)O)n2c1nc(-c1c(N)ccc(Cl)c1F)cc2=O. The number of carboxylic acids is 1. The third-order valence-corrected chi connectivity index (χ3v) is 4.27. The normalized spacial score (nSPS) is 19.6. The smallest absolute Gasteiger partial charge is 0.326 e. The second-order valence-electron chi connectivity index (χ2n) is 5.52. The van der Waals surface area contributed by atoms with E-state index in [4.69, 9.17) is 17.3 Å². The van der Waals surface area contributed by atoms with Crippen LogP contribution >= 0.6 is 11.6 Å². The fraction of sp³-hybridized carbons (Fsp3) is 0.267. The number of aliphatic carboxylic acids is 1. The molecule has 0 radical (unpaired) electrons. The molecule has 2 heterocycles. The second-order valence-corrected chi connectivity index (χ2v) is 5.93. The van der Waals surface area contributed by atoms with Crippen LogP contribution in [0.25, 0.3) is 11.3 Å². The van der Waals surface area contributed by atoms with Crippen molar-refractivity contribution in [2.75, 3.05) is 5.73 Å². The zero-order valence-electron chi connectivity index (χ0n) is 12.1. The molecule has 0 aliphatic carbocycles. The number of nitrogens with zero attached hydrogens (tertiary/aromatic N) is 2. The summed E-state index contributed by atoms with van der Waals surface area (Å²) in [4.78, 5) is 27.9. The van der Waals surface area contributed by atoms with Gasteiger partial charge in [0.1, 0.15) is 11.9 Å². The predicted octanol–water partition coefficient (Wildman–Crippen LogP) is 2.42. The van der Waals surface area contributed by atoms with E-state index in [1.54, 1.807) is 6.92 Å². The Bertz CT molecular complexity index is 881. The number of benzene rings is 1. The van der Waals surface area contributed by atoms with Crippen molar-refractivity contribution in [2.45, 2.75) is 25.3 Å². The van der Waals surface area contributed by atoms with E-state index < -0.39 is 23.4 Å². The summed E-state index contributed by atoms with van der Waals surface area (Å²) in [5, 5.41) is 9.10. The lowest BCUT2D eigenvalue weighted by molar-refractivity contribution is -0.140. The molecule has 0 fully saturated rings. The lowest BCUT2D eigenvalue weighted by Crippen LogP contribution is -2.28. The fourth-order valence-corrected chi connectivity index (χ4v) is 3.04. The number of carboxylic acid groups (broad SMARTS) is 1. The van der Waals surface area contributed by atoms with Crippen molar-refractivity contribution in [1.29, 1.82) is 0 Å². The zero-order valence-corrected chi connectivity index (χ0v) is 12.8. The van der Waals surface area contributed by atoms with Crippen LogP contribution in [0.4, 0.5) is 10.1 Å². The van der Waals surface area contributed by atoms with Gasteiger partial charge in [-0.15, -0.1) is 0 Å². The molecule has 3 N–H and O–H groups in total. The van der Waals surface area contributed by atoms with E-state index in [0.717, 1.165) is 10.6 Å². The Balaban J connectivity index is 2.25. The molecule has 0 bridgehead atoms. The van der Waals surface area contributed by atoms with E-state index >= 15 is 0 Å². The number of rotatable bonds is 2. The van der Waals surface area contributed by atoms with Crippen molar-refractivity contribution in [1.82, 2.24) is 9.55 Å². The Labute approximate surface area is 135 Å². The fourth-order valence-electron chi connectivity index (χ4n) is 2.88. The maximum absolute atomic E-state index is 14.3. The molecule has 2 atom stereocenters. The van der Waals surface area contributed by atoms with Crippen LogP contribution < -0.4 is 11.3 Å². The number of anilines is 1. The third kappa shape index (κ3) is 2.37. The third-order valence-electron chi connectivity index (χ3n) is 3.98. The Kier molecular flexibility index (Phi) is 3.60. The quantitative estimate of drug-likeness (QED) is 0.820. The molecular weight excluding hydrogens is 325 g/mol. The van der Waals surface area contributed by atoms with Crippen molar-refractivity contribution in [3.63, 3.8) is 0 Å². The van der Waals surface area contributed by atoms with Gasteiger partial charge in [-0.1, -0.05) is 18.5 Å². The highest BCUT2D eigenvalue weighted by Gasteiger charge is 2.35. The minimum absolute atomic E-state index is 0.0519. The first-order valence-corrected chi connectivity index (χ1v) is 7.29. The summed E-state index contributed by atoms with van der Waals surface area (Å²) in [6.07, 6.45) is 0.258. The van der Waals surface area contributed by atoms with Crippen molar-refractivity contribution in [3.05, 3.63) is 45.2 Å². The van der Waals surface area contributed by atoms with Crippen molar-refractivity contribution in [2.24, 2.45) is 0 Å². The number of nitrogen functional groups attached to an aromatic ring is 1. The average Bonchev–Trinajstić information content (AvgIpc) is 2.82. The molecule has 0 saturated carbocycles. The van der Waals surface area contributed by atoms with Crippen LogP contribution in [0, 0.1) is 5.82 Å². The number of hydrogen-bond donors (Lipinski definition) is 2. The van der Waals surface area contributed by atoms with Gasteiger partial charge in [0.25, 0.3) is 5.56 Å². The predicted molar refractivity (Wildman–Crippen MR) is 83.0 cm³/mol. The van der Waals surface area contributed by atoms with Gasteiger partial charge in [-0.2, -0.15) is 0 Å². The molecule has 8 heteroatoms. The topological polar surface area (TPSA) is 98.2 Å². The first-order valence-electron chi connectivity index (χ1n) is 6.91. The van der Waals surface area contributed by atoms with Crippen LogP contribution in [0.2, 0.25) is 5.02 Å². The van der Waals surface area contributed by atoms with Gasteiger partial charge in [-0.3, -0.25) is 9.36 Å². The molecule has 1 aromatic carbocycles. The molecule has 0 amide bonds. The van der Waals surface area contributed by atoms with Gasteiger partial charge >= 0.3 is 5.97 Å². The van der Waals surface area contributed by atoms with Gasteiger partial charge in [-0.05, 0) is 18.6 Å². The standard InChI is InChI=1S/C15H13ClFN3O3/c1-6-4-10(15(22)23)20-11(21)5-9(19-14(6)20)12-8(18)3-2-7(16)13(12)17/h2-3,5-6,10H,4,18H2,1H3,(H,22,23). The Morgan fingerprint density at radius 1 is 1.52 bits per heavy atom. The van der Waals surface area contributed by atoms with Crippen molar-refractivity contribution < 1.29 is 14.3 Å². The minimum Gasteiger partial charge on any atom is -0.480 e. The van der Waals surface area contributed by atoms with E-state index in [1.807, 2.05) is 0 Å². The highest BCUT2D eigenvalue weighted by Crippen LogP contribution is 2.36. The maximum atomic E-state index is 14.3. The Morgan fingerprint density at radius 3 is 2.87 bits per heavy atom. The van der Waals surface area contributed by atoms with Crippen LogP contribution in [0.1, 0.15) is 31.1 Å². The van der Waals surface area contributed by atoms with Crippen LogP contribution in [0.5, 0.6) is 0 Å². The van der Waals surface area contributed by atoms with Gasteiger partial charge in [0.2, 0.25) is 0 Å². The van der Waals surface area contributed by atoms with Crippen LogP contribution in [-0.4, -0.2) is 20.6 Å². The van der Waals surface area contributed by atoms with Crippen LogP contribution in [-0.2, 0) is 4.79 Å².